The molecule has 0 saturated carbocycles. The van der Waals surface area contributed by atoms with Crippen molar-refractivity contribution >= 4 is 22.5 Å². The lowest BCUT2D eigenvalue weighted by Gasteiger charge is -2.38. The molecule has 1 unspecified atom stereocenters. The van der Waals surface area contributed by atoms with E-state index in [0.717, 1.165) is 55.5 Å². The van der Waals surface area contributed by atoms with Crippen molar-refractivity contribution in [3.63, 3.8) is 0 Å². The highest BCUT2D eigenvalue weighted by atomic mass is 19.1. The molecule has 1 atom stereocenters. The van der Waals surface area contributed by atoms with Gasteiger partial charge in [-0.15, -0.1) is 0 Å². The second-order valence-electron chi connectivity index (χ2n) is 8.36. The molecule has 2 heterocycles. The van der Waals surface area contributed by atoms with Gasteiger partial charge in [0.1, 0.15) is 5.82 Å². The third kappa shape index (κ3) is 3.39. The Morgan fingerprint density at radius 3 is 2.72 bits per heavy atom. The van der Waals surface area contributed by atoms with Crippen LogP contribution in [0.2, 0.25) is 0 Å². The first kappa shape index (κ1) is 18.2. The molecule has 1 fully saturated rings. The summed E-state index contributed by atoms with van der Waals surface area (Å²) in [6.07, 6.45) is 2.42. The van der Waals surface area contributed by atoms with E-state index in [-0.39, 0.29) is 17.6 Å². The molecule has 1 aliphatic carbocycles. The molecule has 1 amide bonds. The number of hydrogen-bond donors (Lipinski definition) is 1. The Morgan fingerprint density at radius 2 is 1.93 bits per heavy atom. The number of carbonyl (C=O) groups excluding carboxylic acids is 1. The zero-order chi connectivity index (χ0) is 20.0. The van der Waals surface area contributed by atoms with E-state index in [9.17, 15) is 9.18 Å². The van der Waals surface area contributed by atoms with Gasteiger partial charge in [-0.1, -0.05) is 12.1 Å². The molecule has 2 aromatic carbocycles. The quantitative estimate of drug-likeness (QED) is 0.715. The fraction of sp³-hybridized carbons (Fsp3) is 0.375. The van der Waals surface area contributed by atoms with Crippen molar-refractivity contribution in [3.8, 4) is 0 Å². The van der Waals surface area contributed by atoms with Crippen molar-refractivity contribution in [1.29, 1.82) is 0 Å². The molecular weight excluding hydrogens is 365 g/mol. The predicted molar refractivity (Wildman–Crippen MR) is 114 cm³/mol. The maximum atomic E-state index is 13.7. The average molecular weight is 391 g/mol. The maximum absolute atomic E-state index is 13.7. The molecule has 1 saturated heterocycles. The van der Waals surface area contributed by atoms with E-state index < -0.39 is 0 Å². The van der Waals surface area contributed by atoms with Gasteiger partial charge in [-0.2, -0.15) is 0 Å². The highest BCUT2D eigenvalue weighted by molar-refractivity contribution is 5.87. The Labute approximate surface area is 170 Å². The van der Waals surface area contributed by atoms with Crippen LogP contribution in [0.3, 0.4) is 0 Å². The standard InChI is InChI=1S/C24H26FN3O/c1-16-3-2-4-19(13-16)27-9-11-28(12-10-27)24(29)17-5-7-22-20(14-17)21-15-18(25)6-8-23(21)26-22/h2-4,6,8,13,15,17,26H,5,7,9-12,14H2,1H3. The van der Waals surface area contributed by atoms with Gasteiger partial charge in [-0.05, 0) is 67.6 Å². The fourth-order valence-corrected chi connectivity index (χ4v) is 4.87. The minimum absolute atomic E-state index is 0.00436. The summed E-state index contributed by atoms with van der Waals surface area (Å²) < 4.78 is 13.7. The van der Waals surface area contributed by atoms with Gasteiger partial charge >= 0.3 is 0 Å². The van der Waals surface area contributed by atoms with Gasteiger partial charge in [0.05, 0.1) is 0 Å². The molecule has 0 spiro atoms. The van der Waals surface area contributed by atoms with Gasteiger partial charge in [0.15, 0.2) is 0 Å². The Balaban J connectivity index is 1.28. The molecule has 1 aromatic heterocycles. The maximum Gasteiger partial charge on any atom is 0.226 e. The highest BCUT2D eigenvalue weighted by Crippen LogP contribution is 2.33. The molecule has 150 valence electrons. The predicted octanol–water partition coefficient (Wildman–Crippen LogP) is 4.07. The van der Waals surface area contributed by atoms with Crippen LogP contribution >= 0.6 is 0 Å². The minimum atomic E-state index is -0.222. The van der Waals surface area contributed by atoms with Crippen LogP contribution < -0.4 is 4.90 Å². The average Bonchev–Trinajstić information content (AvgIpc) is 3.10. The van der Waals surface area contributed by atoms with Crippen LogP contribution in [0.5, 0.6) is 0 Å². The van der Waals surface area contributed by atoms with E-state index in [1.165, 1.54) is 23.0 Å². The van der Waals surface area contributed by atoms with Gasteiger partial charge < -0.3 is 14.8 Å². The number of rotatable bonds is 2. The molecular formula is C24H26FN3O. The number of nitrogens with zero attached hydrogens (tertiary/aromatic N) is 2. The molecule has 5 rings (SSSR count). The summed E-state index contributed by atoms with van der Waals surface area (Å²) in [5.41, 5.74) is 5.76. The summed E-state index contributed by atoms with van der Waals surface area (Å²) >= 11 is 0. The van der Waals surface area contributed by atoms with Crippen molar-refractivity contribution in [2.24, 2.45) is 5.92 Å². The van der Waals surface area contributed by atoms with Gasteiger partial charge in [-0.25, -0.2) is 4.39 Å². The Hall–Kier alpha value is -2.82. The number of benzene rings is 2. The number of H-pyrrole nitrogens is 1. The van der Waals surface area contributed by atoms with Crippen molar-refractivity contribution in [2.45, 2.75) is 26.2 Å². The Bertz CT molecular complexity index is 1070. The zero-order valence-electron chi connectivity index (χ0n) is 16.7. The fourth-order valence-electron chi connectivity index (χ4n) is 4.87. The monoisotopic (exact) mass is 391 g/mol. The number of anilines is 1. The van der Waals surface area contributed by atoms with Crippen molar-refractivity contribution in [1.82, 2.24) is 9.88 Å². The molecule has 1 N–H and O–H groups in total. The van der Waals surface area contributed by atoms with Crippen LogP contribution in [0.25, 0.3) is 10.9 Å². The summed E-state index contributed by atoms with van der Waals surface area (Å²) in [5.74, 6) is 0.0283. The molecule has 3 aromatic rings. The topological polar surface area (TPSA) is 39.3 Å². The third-order valence-corrected chi connectivity index (χ3v) is 6.46. The van der Waals surface area contributed by atoms with E-state index in [0.29, 0.717) is 6.42 Å². The van der Waals surface area contributed by atoms with Crippen molar-refractivity contribution in [3.05, 3.63) is 65.1 Å². The first-order chi connectivity index (χ1) is 14.1. The van der Waals surface area contributed by atoms with Crippen LogP contribution in [0.4, 0.5) is 10.1 Å². The van der Waals surface area contributed by atoms with Crippen molar-refractivity contribution in [2.75, 3.05) is 31.1 Å². The molecule has 4 nitrogen and oxygen atoms in total. The number of fused-ring (bicyclic) bond motifs is 3. The number of amides is 1. The lowest BCUT2D eigenvalue weighted by Crippen LogP contribution is -2.51. The number of hydrogen-bond acceptors (Lipinski definition) is 2. The van der Waals surface area contributed by atoms with Crippen molar-refractivity contribution < 1.29 is 9.18 Å². The summed E-state index contributed by atoms with van der Waals surface area (Å²) in [4.78, 5) is 21.0. The van der Waals surface area contributed by atoms with Crippen LogP contribution in [0.1, 0.15) is 23.2 Å². The van der Waals surface area contributed by atoms with E-state index in [4.69, 9.17) is 0 Å². The van der Waals surface area contributed by atoms with Gasteiger partial charge in [0.2, 0.25) is 5.91 Å². The summed E-state index contributed by atoms with van der Waals surface area (Å²) in [6, 6.07) is 13.4. The molecule has 0 radical (unpaired) electrons. The lowest BCUT2D eigenvalue weighted by atomic mass is 9.85. The number of halogens is 1. The minimum Gasteiger partial charge on any atom is -0.368 e. The van der Waals surface area contributed by atoms with Crippen LogP contribution in [-0.2, 0) is 17.6 Å². The molecule has 5 heteroatoms. The SMILES string of the molecule is Cc1cccc(N2CCN(C(=O)C3CCc4[nH]c5ccc(F)cc5c4C3)CC2)c1. The second-order valence-corrected chi connectivity index (χ2v) is 8.36. The third-order valence-electron chi connectivity index (χ3n) is 6.46. The number of aryl methyl sites for hydroxylation is 2. The Morgan fingerprint density at radius 1 is 1.10 bits per heavy atom. The largest absolute Gasteiger partial charge is 0.368 e. The summed E-state index contributed by atoms with van der Waals surface area (Å²) in [5, 5.41) is 0.932. The van der Waals surface area contributed by atoms with E-state index in [1.807, 2.05) is 4.90 Å². The Kier molecular flexibility index (Phi) is 4.53. The molecule has 1 aliphatic heterocycles. The van der Waals surface area contributed by atoms with Crippen LogP contribution in [0.15, 0.2) is 42.5 Å². The van der Waals surface area contributed by atoms with Crippen LogP contribution in [0, 0.1) is 18.7 Å². The molecule has 29 heavy (non-hydrogen) atoms. The smallest absolute Gasteiger partial charge is 0.226 e. The van der Waals surface area contributed by atoms with Gasteiger partial charge in [-0.3, -0.25) is 4.79 Å². The number of carbonyl (C=O) groups is 1. The number of aromatic nitrogens is 1. The van der Waals surface area contributed by atoms with Gasteiger partial charge in [0.25, 0.3) is 0 Å². The normalized spacial score (nSPS) is 19.4. The number of nitrogens with one attached hydrogen (secondary N) is 1. The van der Waals surface area contributed by atoms with Crippen LogP contribution in [-0.4, -0.2) is 42.0 Å². The van der Waals surface area contributed by atoms with E-state index in [2.05, 4.69) is 41.1 Å². The van der Waals surface area contributed by atoms with Gasteiger partial charge in [0, 0.05) is 54.4 Å². The van der Waals surface area contributed by atoms with E-state index >= 15 is 0 Å². The lowest BCUT2D eigenvalue weighted by molar-refractivity contribution is -0.136. The summed E-state index contributed by atoms with van der Waals surface area (Å²) in [7, 11) is 0. The first-order valence-electron chi connectivity index (χ1n) is 10.5. The number of aromatic amines is 1. The highest BCUT2D eigenvalue weighted by Gasteiger charge is 2.32. The summed E-state index contributed by atoms with van der Waals surface area (Å²) in [6.45, 7) is 5.37. The number of piperazine rings is 1. The van der Waals surface area contributed by atoms with E-state index in [1.54, 1.807) is 12.1 Å². The zero-order valence-corrected chi connectivity index (χ0v) is 16.7. The molecule has 2 aliphatic rings. The first-order valence-corrected chi connectivity index (χ1v) is 10.5. The second kappa shape index (κ2) is 7.21. The molecule has 0 bridgehead atoms.